The fourth-order valence-electron chi connectivity index (χ4n) is 4.25. The second-order valence-corrected chi connectivity index (χ2v) is 10.1. The van der Waals surface area contributed by atoms with Gasteiger partial charge in [-0.05, 0) is 44.2 Å². The SMILES string of the molecule is COc1nn(C)c2nc(C)c(CCC(=O)N3CCC(N(C)S(C)(=O)=O)CC3)c(C)c12. The molecular weight excluding hydrogens is 406 g/mol. The summed E-state index contributed by atoms with van der Waals surface area (Å²) in [6, 6.07) is -0.0433. The number of amides is 1. The van der Waals surface area contributed by atoms with Crippen molar-refractivity contribution in [2.24, 2.45) is 7.05 Å². The van der Waals surface area contributed by atoms with Gasteiger partial charge in [-0.3, -0.25) is 4.79 Å². The number of nitrogens with zero attached hydrogens (tertiary/aromatic N) is 5. The van der Waals surface area contributed by atoms with Crippen LogP contribution in [0.1, 0.15) is 36.1 Å². The number of aromatic nitrogens is 3. The van der Waals surface area contributed by atoms with Gasteiger partial charge in [-0.1, -0.05) is 0 Å². The van der Waals surface area contributed by atoms with Crippen LogP contribution in [0.3, 0.4) is 0 Å². The highest BCUT2D eigenvalue weighted by Crippen LogP contribution is 2.30. The minimum absolute atomic E-state index is 0.0433. The summed E-state index contributed by atoms with van der Waals surface area (Å²) < 4.78 is 32.0. The minimum atomic E-state index is -3.21. The highest BCUT2D eigenvalue weighted by atomic mass is 32.2. The zero-order chi connectivity index (χ0) is 22.2. The third-order valence-electron chi connectivity index (χ3n) is 6.16. The summed E-state index contributed by atoms with van der Waals surface area (Å²) in [6.45, 7) is 5.13. The number of piperidine rings is 1. The number of likely N-dealkylation sites (tertiary alicyclic amines) is 1. The topological polar surface area (TPSA) is 97.6 Å². The van der Waals surface area contributed by atoms with Crippen LogP contribution in [0.25, 0.3) is 11.0 Å². The number of pyridine rings is 1. The Morgan fingerprint density at radius 3 is 2.47 bits per heavy atom. The number of methoxy groups -OCH3 is 1. The Hall–Kier alpha value is -2.20. The number of aryl methyl sites for hydroxylation is 3. The number of fused-ring (bicyclic) bond motifs is 1. The smallest absolute Gasteiger partial charge is 0.242 e. The third kappa shape index (κ3) is 4.29. The van der Waals surface area contributed by atoms with Gasteiger partial charge in [0.25, 0.3) is 0 Å². The van der Waals surface area contributed by atoms with E-state index in [4.69, 9.17) is 4.74 Å². The van der Waals surface area contributed by atoms with Crippen LogP contribution in [0.4, 0.5) is 0 Å². The van der Waals surface area contributed by atoms with Gasteiger partial charge in [0.1, 0.15) is 0 Å². The molecule has 0 saturated carbocycles. The first-order chi connectivity index (χ1) is 14.0. The predicted octanol–water partition coefficient (Wildman–Crippen LogP) is 1.41. The van der Waals surface area contributed by atoms with Crippen molar-refractivity contribution >= 4 is 27.0 Å². The van der Waals surface area contributed by atoms with Gasteiger partial charge in [-0.2, -0.15) is 0 Å². The van der Waals surface area contributed by atoms with Crippen LogP contribution in [0.15, 0.2) is 0 Å². The molecule has 0 unspecified atom stereocenters. The lowest BCUT2D eigenvalue weighted by molar-refractivity contribution is -0.132. The zero-order valence-electron chi connectivity index (χ0n) is 18.6. The molecular formula is C20H31N5O4S. The highest BCUT2D eigenvalue weighted by Gasteiger charge is 2.29. The van der Waals surface area contributed by atoms with E-state index in [1.807, 2.05) is 25.8 Å². The third-order valence-corrected chi connectivity index (χ3v) is 7.50. The van der Waals surface area contributed by atoms with Crippen molar-refractivity contribution in [3.63, 3.8) is 0 Å². The Kier molecular flexibility index (Phi) is 6.37. The van der Waals surface area contributed by atoms with Crippen molar-refractivity contribution in [1.82, 2.24) is 24.0 Å². The number of rotatable bonds is 6. The van der Waals surface area contributed by atoms with Gasteiger partial charge in [0.15, 0.2) is 5.65 Å². The first-order valence-corrected chi connectivity index (χ1v) is 12.0. The van der Waals surface area contributed by atoms with E-state index in [0.29, 0.717) is 44.7 Å². The normalized spacial score (nSPS) is 15.9. The number of sulfonamides is 1. The van der Waals surface area contributed by atoms with Gasteiger partial charge >= 0.3 is 0 Å². The lowest BCUT2D eigenvalue weighted by atomic mass is 9.99. The lowest BCUT2D eigenvalue weighted by Gasteiger charge is -2.35. The molecule has 0 N–H and O–H groups in total. The summed E-state index contributed by atoms with van der Waals surface area (Å²) in [7, 11) is 1.83. The van der Waals surface area contributed by atoms with E-state index in [1.165, 1.54) is 10.6 Å². The molecule has 0 atom stereocenters. The molecule has 166 valence electrons. The molecule has 1 amide bonds. The molecule has 1 fully saturated rings. The summed E-state index contributed by atoms with van der Waals surface area (Å²) in [6.07, 6.45) is 3.53. The van der Waals surface area contributed by atoms with E-state index in [0.717, 1.165) is 27.9 Å². The van der Waals surface area contributed by atoms with E-state index in [1.54, 1.807) is 18.8 Å². The maximum Gasteiger partial charge on any atom is 0.242 e. The van der Waals surface area contributed by atoms with Crippen molar-refractivity contribution in [1.29, 1.82) is 0 Å². The number of hydrogen-bond acceptors (Lipinski definition) is 6. The molecule has 0 radical (unpaired) electrons. The molecule has 0 bridgehead atoms. The van der Waals surface area contributed by atoms with Gasteiger partial charge in [-0.15, -0.1) is 5.10 Å². The summed E-state index contributed by atoms with van der Waals surface area (Å²) in [5.41, 5.74) is 3.76. The molecule has 0 aromatic carbocycles. The van der Waals surface area contributed by atoms with Crippen molar-refractivity contribution in [3.8, 4) is 5.88 Å². The van der Waals surface area contributed by atoms with Gasteiger partial charge in [-0.25, -0.2) is 22.4 Å². The summed E-state index contributed by atoms with van der Waals surface area (Å²) in [5, 5.41) is 5.26. The molecule has 9 nitrogen and oxygen atoms in total. The van der Waals surface area contributed by atoms with E-state index >= 15 is 0 Å². The van der Waals surface area contributed by atoms with Crippen molar-refractivity contribution in [2.75, 3.05) is 33.5 Å². The lowest BCUT2D eigenvalue weighted by Crippen LogP contribution is -2.47. The second-order valence-electron chi connectivity index (χ2n) is 8.02. The Morgan fingerprint density at radius 1 is 1.27 bits per heavy atom. The maximum absolute atomic E-state index is 12.8. The van der Waals surface area contributed by atoms with Crippen LogP contribution >= 0.6 is 0 Å². The van der Waals surface area contributed by atoms with Crippen LogP contribution in [0.5, 0.6) is 5.88 Å². The highest BCUT2D eigenvalue weighted by molar-refractivity contribution is 7.88. The second kappa shape index (κ2) is 8.50. The fraction of sp³-hybridized carbons (Fsp3) is 0.650. The average Bonchev–Trinajstić information content (AvgIpc) is 3.02. The molecule has 3 rings (SSSR count). The number of carbonyl (C=O) groups excluding carboxylic acids is 1. The van der Waals surface area contributed by atoms with Crippen LogP contribution in [0, 0.1) is 13.8 Å². The molecule has 3 heterocycles. The van der Waals surface area contributed by atoms with Crippen molar-refractivity contribution in [2.45, 2.75) is 45.6 Å². The first-order valence-electron chi connectivity index (χ1n) is 10.1. The summed E-state index contributed by atoms with van der Waals surface area (Å²) in [5.74, 6) is 0.634. The van der Waals surface area contributed by atoms with E-state index in [-0.39, 0.29) is 11.9 Å². The average molecular weight is 438 g/mol. The molecule has 0 aliphatic carbocycles. The maximum atomic E-state index is 12.8. The Balaban J connectivity index is 1.68. The summed E-state index contributed by atoms with van der Waals surface area (Å²) >= 11 is 0. The van der Waals surface area contributed by atoms with Crippen LogP contribution < -0.4 is 4.74 Å². The Labute approximate surface area is 178 Å². The number of hydrogen-bond donors (Lipinski definition) is 0. The standard InChI is InChI=1S/C20H31N5O4S/c1-13-16(14(2)21-19-18(13)20(29-5)22-23(19)3)7-8-17(26)25-11-9-15(10-12-25)24(4)30(6,27)28/h15H,7-12H2,1-6H3. The van der Waals surface area contributed by atoms with Gasteiger partial charge in [0.2, 0.25) is 21.8 Å². The molecule has 1 aliphatic rings. The monoisotopic (exact) mass is 437 g/mol. The molecule has 30 heavy (non-hydrogen) atoms. The number of carbonyl (C=O) groups is 1. The van der Waals surface area contributed by atoms with E-state index in [9.17, 15) is 13.2 Å². The minimum Gasteiger partial charge on any atom is -0.479 e. The molecule has 1 saturated heterocycles. The quantitative estimate of drug-likeness (QED) is 0.678. The zero-order valence-corrected chi connectivity index (χ0v) is 19.4. The van der Waals surface area contributed by atoms with E-state index in [2.05, 4.69) is 10.1 Å². The molecule has 2 aromatic rings. The molecule has 1 aliphatic heterocycles. The van der Waals surface area contributed by atoms with Crippen molar-refractivity contribution in [3.05, 3.63) is 16.8 Å². The number of ether oxygens (including phenoxy) is 1. The van der Waals surface area contributed by atoms with E-state index < -0.39 is 10.0 Å². The van der Waals surface area contributed by atoms with Crippen LogP contribution in [-0.2, 0) is 28.3 Å². The van der Waals surface area contributed by atoms with Crippen molar-refractivity contribution < 1.29 is 17.9 Å². The Bertz CT molecular complexity index is 1060. The molecule has 10 heteroatoms. The fourth-order valence-corrected chi connectivity index (χ4v) is 5.00. The van der Waals surface area contributed by atoms with Gasteiger partial charge < -0.3 is 9.64 Å². The largest absolute Gasteiger partial charge is 0.479 e. The van der Waals surface area contributed by atoms with Crippen LogP contribution in [0.2, 0.25) is 0 Å². The van der Waals surface area contributed by atoms with Gasteiger partial charge in [0, 0.05) is 45.3 Å². The first kappa shape index (κ1) is 22.5. The molecule has 2 aromatic heterocycles. The van der Waals surface area contributed by atoms with Gasteiger partial charge in [0.05, 0.1) is 18.8 Å². The Morgan fingerprint density at radius 2 is 1.90 bits per heavy atom. The molecule has 0 spiro atoms. The summed E-state index contributed by atoms with van der Waals surface area (Å²) in [4.78, 5) is 19.3. The predicted molar refractivity (Wildman–Crippen MR) is 115 cm³/mol. The van der Waals surface area contributed by atoms with Crippen LogP contribution in [-0.4, -0.2) is 77.8 Å².